The van der Waals surface area contributed by atoms with Crippen LogP contribution in [-0.4, -0.2) is 36.6 Å². The quantitative estimate of drug-likeness (QED) is 0.177. The highest BCUT2D eigenvalue weighted by molar-refractivity contribution is 5.92. The van der Waals surface area contributed by atoms with Gasteiger partial charge in [0.2, 0.25) is 5.78 Å². The van der Waals surface area contributed by atoms with E-state index in [-0.39, 0.29) is 26.4 Å². The molecule has 0 unspecified atom stereocenters. The van der Waals surface area contributed by atoms with E-state index in [1.165, 1.54) is 0 Å². The average molecular weight is 573 g/mol. The van der Waals surface area contributed by atoms with E-state index in [0.717, 1.165) is 22.3 Å². The van der Waals surface area contributed by atoms with Crippen LogP contribution in [0.2, 0.25) is 0 Å². The first-order valence-electron chi connectivity index (χ1n) is 14.0. The number of hydrogen-bond acceptors (Lipinski definition) is 5. The second-order valence-corrected chi connectivity index (χ2v) is 10.3. The second kappa shape index (κ2) is 14.4. The number of benzene rings is 4. The van der Waals surface area contributed by atoms with Crippen molar-refractivity contribution in [3.05, 3.63) is 144 Å². The minimum Gasteiger partial charge on any atom is -0.376 e. The summed E-state index contributed by atoms with van der Waals surface area (Å²) in [4.78, 5) is 13.5. The molecular weight excluding hydrogens is 538 g/mol. The van der Waals surface area contributed by atoms with Crippen molar-refractivity contribution >= 4 is 5.78 Å². The van der Waals surface area contributed by atoms with Gasteiger partial charge in [-0.1, -0.05) is 121 Å². The summed E-state index contributed by atoms with van der Waals surface area (Å²) in [6.45, 7) is -0.154. The number of ether oxygens (including phenoxy) is 4. The summed E-state index contributed by atoms with van der Waals surface area (Å²) in [5.41, 5.74) is 3.24. The van der Waals surface area contributed by atoms with Crippen LogP contribution in [0.25, 0.3) is 0 Å². The molecule has 1 saturated carbocycles. The second-order valence-electron chi connectivity index (χ2n) is 10.3. The summed E-state index contributed by atoms with van der Waals surface area (Å²) in [6, 6.07) is 37.1. The van der Waals surface area contributed by atoms with Crippen LogP contribution in [0.15, 0.2) is 121 Å². The fourth-order valence-corrected chi connectivity index (χ4v) is 5.06. The number of Topliss-reactive ketones (excluding diaryl/α,β-unsaturated/α-hetero) is 1. The SMILES string of the molecule is O=C1[C@H](OCc2ccccc2)[C@@H](OCc2ccccc2)[C@H](OCc2ccccc2)[C@@H](COCc2ccccc2)C1(F)F. The summed E-state index contributed by atoms with van der Waals surface area (Å²) in [7, 11) is 0. The van der Waals surface area contributed by atoms with Crippen LogP contribution in [-0.2, 0) is 50.2 Å². The van der Waals surface area contributed by atoms with Gasteiger partial charge in [-0.05, 0) is 22.3 Å². The summed E-state index contributed by atoms with van der Waals surface area (Å²) in [5.74, 6) is -6.69. The number of carbonyl (C=O) groups is 1. The molecular formula is C35H34F2O5. The molecule has 0 bridgehead atoms. The van der Waals surface area contributed by atoms with Crippen molar-refractivity contribution in [1.82, 2.24) is 0 Å². The van der Waals surface area contributed by atoms with Crippen LogP contribution in [0.3, 0.4) is 0 Å². The van der Waals surface area contributed by atoms with Gasteiger partial charge in [-0.15, -0.1) is 0 Å². The highest BCUT2D eigenvalue weighted by Crippen LogP contribution is 2.41. The number of ketones is 1. The van der Waals surface area contributed by atoms with E-state index in [0.29, 0.717) is 0 Å². The van der Waals surface area contributed by atoms with Crippen molar-refractivity contribution in [2.24, 2.45) is 5.92 Å². The van der Waals surface area contributed by atoms with Gasteiger partial charge in [0.25, 0.3) is 0 Å². The van der Waals surface area contributed by atoms with Crippen LogP contribution >= 0.6 is 0 Å². The van der Waals surface area contributed by atoms with E-state index in [9.17, 15) is 4.79 Å². The molecule has 218 valence electrons. The van der Waals surface area contributed by atoms with Gasteiger partial charge in [-0.2, -0.15) is 8.78 Å². The predicted molar refractivity (Wildman–Crippen MR) is 155 cm³/mol. The van der Waals surface area contributed by atoms with Gasteiger partial charge >= 0.3 is 5.92 Å². The Kier molecular flexibility index (Phi) is 10.2. The maximum Gasteiger partial charge on any atom is 0.315 e. The minimum atomic E-state index is -3.77. The monoisotopic (exact) mass is 572 g/mol. The van der Waals surface area contributed by atoms with Gasteiger partial charge in [0.1, 0.15) is 6.10 Å². The molecule has 5 rings (SSSR count). The number of carbonyl (C=O) groups excluding carboxylic acids is 1. The van der Waals surface area contributed by atoms with E-state index in [1.807, 2.05) is 121 Å². The molecule has 0 spiro atoms. The highest BCUT2D eigenvalue weighted by Gasteiger charge is 2.63. The number of hydrogen-bond donors (Lipinski definition) is 0. The van der Waals surface area contributed by atoms with Crippen LogP contribution in [0, 0.1) is 5.92 Å². The first-order valence-corrected chi connectivity index (χ1v) is 14.0. The molecule has 7 heteroatoms. The molecule has 0 amide bonds. The highest BCUT2D eigenvalue weighted by atomic mass is 19.3. The molecule has 0 heterocycles. The smallest absolute Gasteiger partial charge is 0.315 e. The molecule has 0 aliphatic heterocycles. The van der Waals surface area contributed by atoms with Gasteiger partial charge in [-0.3, -0.25) is 4.79 Å². The molecule has 1 aliphatic carbocycles. The first kappa shape index (κ1) is 29.7. The van der Waals surface area contributed by atoms with Crippen molar-refractivity contribution in [2.45, 2.75) is 50.7 Å². The fraction of sp³-hybridized carbons (Fsp3) is 0.286. The fourth-order valence-electron chi connectivity index (χ4n) is 5.06. The maximum absolute atomic E-state index is 16.0. The predicted octanol–water partition coefficient (Wildman–Crippen LogP) is 6.79. The molecule has 0 N–H and O–H groups in total. The summed E-state index contributed by atoms with van der Waals surface area (Å²) < 4.78 is 56.3. The lowest BCUT2D eigenvalue weighted by Gasteiger charge is -2.45. The zero-order valence-electron chi connectivity index (χ0n) is 23.2. The Morgan fingerprint density at radius 2 is 0.905 bits per heavy atom. The molecule has 1 aliphatic rings. The lowest BCUT2D eigenvalue weighted by atomic mass is 9.78. The normalized spacial score (nSPS) is 21.7. The van der Waals surface area contributed by atoms with Crippen molar-refractivity contribution in [3.8, 4) is 0 Å². The van der Waals surface area contributed by atoms with Crippen molar-refractivity contribution in [2.75, 3.05) is 6.61 Å². The van der Waals surface area contributed by atoms with E-state index in [4.69, 9.17) is 18.9 Å². The molecule has 0 aromatic heterocycles. The van der Waals surface area contributed by atoms with Crippen molar-refractivity contribution in [1.29, 1.82) is 0 Å². The van der Waals surface area contributed by atoms with Gasteiger partial charge in [0.05, 0.1) is 45.1 Å². The molecule has 0 saturated heterocycles. The Hall–Kier alpha value is -3.75. The number of rotatable bonds is 13. The zero-order valence-corrected chi connectivity index (χ0v) is 23.2. The Labute approximate surface area is 245 Å². The summed E-state index contributed by atoms with van der Waals surface area (Å²) in [6.07, 6.45) is -3.84. The van der Waals surface area contributed by atoms with E-state index >= 15 is 8.78 Å². The third kappa shape index (κ3) is 7.55. The van der Waals surface area contributed by atoms with E-state index in [1.54, 1.807) is 0 Å². The van der Waals surface area contributed by atoms with Crippen LogP contribution in [0.4, 0.5) is 8.78 Å². The third-order valence-electron chi connectivity index (χ3n) is 7.32. The Morgan fingerprint density at radius 1 is 0.524 bits per heavy atom. The van der Waals surface area contributed by atoms with Gasteiger partial charge in [0.15, 0.2) is 6.10 Å². The maximum atomic E-state index is 16.0. The zero-order chi connectivity index (χ0) is 29.2. The Balaban J connectivity index is 1.44. The largest absolute Gasteiger partial charge is 0.376 e. The minimum absolute atomic E-state index is 0.0287. The molecule has 0 radical (unpaired) electrons. The molecule has 4 aromatic carbocycles. The summed E-state index contributed by atoms with van der Waals surface area (Å²) in [5, 5.41) is 0. The van der Waals surface area contributed by atoms with Crippen LogP contribution < -0.4 is 0 Å². The lowest BCUT2D eigenvalue weighted by molar-refractivity contribution is -0.243. The van der Waals surface area contributed by atoms with Gasteiger partial charge in [0, 0.05) is 0 Å². The van der Waals surface area contributed by atoms with Crippen LogP contribution in [0.1, 0.15) is 22.3 Å². The van der Waals surface area contributed by atoms with Crippen LogP contribution in [0.5, 0.6) is 0 Å². The molecule has 4 atom stereocenters. The molecule has 5 nitrogen and oxygen atoms in total. The Morgan fingerprint density at radius 3 is 1.36 bits per heavy atom. The number of halogens is 2. The standard InChI is InChI=1S/C35H34F2O5/c36-35(37)30(25-39-21-26-13-5-1-6-14-26)31(40-22-27-15-7-2-8-16-27)32(41-23-28-17-9-3-10-18-28)33(34(35)38)42-24-29-19-11-4-12-20-29/h1-20,30-33H,21-25H2/t30-,31-,32+,33-/m1/s1. The number of alkyl halides is 2. The molecule has 1 fully saturated rings. The topological polar surface area (TPSA) is 54.0 Å². The molecule has 4 aromatic rings. The van der Waals surface area contributed by atoms with E-state index < -0.39 is 42.5 Å². The first-order chi connectivity index (χ1) is 20.5. The van der Waals surface area contributed by atoms with Crippen molar-refractivity contribution < 1.29 is 32.5 Å². The molecule has 42 heavy (non-hydrogen) atoms. The summed E-state index contributed by atoms with van der Waals surface area (Å²) >= 11 is 0. The van der Waals surface area contributed by atoms with Crippen molar-refractivity contribution in [3.63, 3.8) is 0 Å². The van der Waals surface area contributed by atoms with Gasteiger partial charge < -0.3 is 18.9 Å². The average Bonchev–Trinajstić information content (AvgIpc) is 3.03. The third-order valence-corrected chi connectivity index (χ3v) is 7.32. The van der Waals surface area contributed by atoms with Gasteiger partial charge in [-0.25, -0.2) is 0 Å². The lowest BCUT2D eigenvalue weighted by Crippen LogP contribution is -2.65. The Bertz CT molecular complexity index is 1370. The van der Waals surface area contributed by atoms with E-state index in [2.05, 4.69) is 0 Å².